The lowest BCUT2D eigenvalue weighted by molar-refractivity contribution is 0.300. The van der Waals surface area contributed by atoms with Gasteiger partial charge in [-0.15, -0.1) is 0 Å². The van der Waals surface area contributed by atoms with Gasteiger partial charge in [0.25, 0.3) is 5.56 Å². The molecule has 0 amide bonds. The van der Waals surface area contributed by atoms with E-state index in [4.69, 9.17) is 9.47 Å². The Labute approximate surface area is 175 Å². The van der Waals surface area contributed by atoms with E-state index in [1.54, 1.807) is 31.1 Å². The van der Waals surface area contributed by atoms with Crippen molar-refractivity contribution in [1.29, 1.82) is 0 Å². The molecule has 0 radical (unpaired) electrons. The lowest BCUT2D eigenvalue weighted by atomic mass is 9.99. The summed E-state index contributed by atoms with van der Waals surface area (Å²) in [6.07, 6.45) is 3.44. The summed E-state index contributed by atoms with van der Waals surface area (Å²) < 4.78 is 12.9. The minimum atomic E-state index is -0.185. The molecule has 0 aliphatic carbocycles. The smallest absolute Gasteiger partial charge is 0.293 e. The van der Waals surface area contributed by atoms with Crippen LogP contribution in [0.15, 0.2) is 90.0 Å². The third kappa shape index (κ3) is 3.96. The van der Waals surface area contributed by atoms with Gasteiger partial charge in [0.1, 0.15) is 12.4 Å². The molecule has 5 heteroatoms. The van der Waals surface area contributed by atoms with Crippen LogP contribution in [0.5, 0.6) is 11.5 Å². The van der Waals surface area contributed by atoms with Crippen molar-refractivity contribution in [2.75, 3.05) is 7.11 Å². The fraction of sp³-hybridized carbons (Fsp3) is 0.120. The van der Waals surface area contributed by atoms with Crippen LogP contribution in [0.3, 0.4) is 0 Å². The third-order valence-corrected chi connectivity index (χ3v) is 4.97. The molecule has 2 heterocycles. The summed E-state index contributed by atoms with van der Waals surface area (Å²) in [6, 6.07) is 23.2. The van der Waals surface area contributed by atoms with E-state index in [1.165, 1.54) is 0 Å². The maximum atomic E-state index is 13.1. The molecule has 0 fully saturated rings. The zero-order chi connectivity index (χ0) is 20.9. The summed E-state index contributed by atoms with van der Waals surface area (Å²) in [7, 11) is 3.40. The number of pyridine rings is 2. The molecule has 0 unspecified atom stereocenters. The van der Waals surface area contributed by atoms with Gasteiger partial charge in [0.15, 0.2) is 5.75 Å². The molecule has 0 aliphatic heterocycles. The van der Waals surface area contributed by atoms with Gasteiger partial charge in [-0.3, -0.25) is 9.78 Å². The lowest BCUT2D eigenvalue weighted by Crippen LogP contribution is -2.21. The number of hydrogen-bond acceptors (Lipinski definition) is 4. The first-order chi connectivity index (χ1) is 14.7. The van der Waals surface area contributed by atoms with Crippen molar-refractivity contribution < 1.29 is 9.47 Å². The minimum absolute atomic E-state index is 0.185. The first-order valence-corrected chi connectivity index (χ1v) is 9.63. The van der Waals surface area contributed by atoms with Crippen LogP contribution >= 0.6 is 0 Å². The number of rotatable bonds is 6. The molecule has 4 rings (SSSR count). The topological polar surface area (TPSA) is 53.4 Å². The Bertz CT molecular complexity index is 1180. The Morgan fingerprint density at radius 2 is 1.60 bits per heavy atom. The van der Waals surface area contributed by atoms with Gasteiger partial charge in [-0.05, 0) is 41.5 Å². The maximum Gasteiger partial charge on any atom is 0.293 e. The standard InChI is InChI=1S/C25H22N2O3/c1-27-24(20-12-14-26-15-13-20)22(19-8-10-21(29-2)11-9-19)16-23(25(27)28)30-17-18-6-4-3-5-7-18/h3-16H,17H2,1-2H3. The highest BCUT2D eigenvalue weighted by atomic mass is 16.5. The first-order valence-electron chi connectivity index (χ1n) is 9.63. The van der Waals surface area contributed by atoms with E-state index in [0.29, 0.717) is 12.4 Å². The monoisotopic (exact) mass is 398 g/mol. The number of benzene rings is 2. The number of nitrogens with zero attached hydrogens (tertiary/aromatic N) is 2. The van der Waals surface area contributed by atoms with Crippen LogP contribution in [0, 0.1) is 0 Å². The Balaban J connectivity index is 1.83. The van der Waals surface area contributed by atoms with Crippen molar-refractivity contribution in [3.05, 3.63) is 101 Å². The third-order valence-electron chi connectivity index (χ3n) is 4.97. The van der Waals surface area contributed by atoms with E-state index in [0.717, 1.165) is 33.7 Å². The van der Waals surface area contributed by atoms with Crippen LogP contribution in [0.4, 0.5) is 0 Å². The van der Waals surface area contributed by atoms with E-state index in [2.05, 4.69) is 4.98 Å². The van der Waals surface area contributed by atoms with Gasteiger partial charge < -0.3 is 14.0 Å². The van der Waals surface area contributed by atoms with Crippen LogP contribution in [0.25, 0.3) is 22.4 Å². The predicted octanol–water partition coefficient (Wildman–Crippen LogP) is 4.70. The van der Waals surface area contributed by atoms with Gasteiger partial charge in [-0.1, -0.05) is 42.5 Å². The predicted molar refractivity (Wildman–Crippen MR) is 118 cm³/mol. The second kappa shape index (κ2) is 8.66. The van der Waals surface area contributed by atoms with Crippen LogP contribution in [-0.4, -0.2) is 16.7 Å². The molecule has 0 atom stereocenters. The van der Waals surface area contributed by atoms with Crippen molar-refractivity contribution in [2.45, 2.75) is 6.61 Å². The lowest BCUT2D eigenvalue weighted by Gasteiger charge is -2.17. The minimum Gasteiger partial charge on any atom is -0.497 e. The van der Waals surface area contributed by atoms with Crippen molar-refractivity contribution in [3.63, 3.8) is 0 Å². The molecule has 0 saturated carbocycles. The quantitative estimate of drug-likeness (QED) is 0.472. The number of ether oxygens (including phenoxy) is 2. The second-order valence-electron chi connectivity index (χ2n) is 6.87. The molecule has 0 aliphatic rings. The largest absolute Gasteiger partial charge is 0.497 e. The van der Waals surface area contributed by atoms with Crippen LogP contribution in [-0.2, 0) is 13.7 Å². The van der Waals surface area contributed by atoms with Crippen LogP contribution in [0.2, 0.25) is 0 Å². The van der Waals surface area contributed by atoms with Gasteiger partial charge >= 0.3 is 0 Å². The zero-order valence-electron chi connectivity index (χ0n) is 16.9. The van der Waals surface area contributed by atoms with Gasteiger partial charge in [0.05, 0.1) is 12.8 Å². The highest BCUT2D eigenvalue weighted by Gasteiger charge is 2.17. The molecule has 2 aromatic heterocycles. The van der Waals surface area contributed by atoms with Crippen molar-refractivity contribution >= 4 is 0 Å². The Morgan fingerprint density at radius 3 is 2.27 bits per heavy atom. The summed E-state index contributed by atoms with van der Waals surface area (Å²) in [5, 5.41) is 0. The van der Waals surface area contributed by atoms with Crippen molar-refractivity contribution in [1.82, 2.24) is 9.55 Å². The van der Waals surface area contributed by atoms with E-state index < -0.39 is 0 Å². The number of aromatic nitrogens is 2. The summed E-state index contributed by atoms with van der Waals surface area (Å²) >= 11 is 0. The first kappa shape index (κ1) is 19.5. The summed E-state index contributed by atoms with van der Waals surface area (Å²) in [6.45, 7) is 0.326. The summed E-state index contributed by atoms with van der Waals surface area (Å²) in [5.41, 5.74) is 4.39. The van der Waals surface area contributed by atoms with Gasteiger partial charge in [0.2, 0.25) is 0 Å². The SMILES string of the molecule is COc1ccc(-c2cc(OCc3ccccc3)c(=O)n(C)c2-c2ccncc2)cc1. The molecular weight excluding hydrogens is 376 g/mol. The number of hydrogen-bond donors (Lipinski definition) is 0. The Morgan fingerprint density at radius 1 is 0.900 bits per heavy atom. The second-order valence-corrected chi connectivity index (χ2v) is 6.87. The molecule has 0 N–H and O–H groups in total. The molecule has 150 valence electrons. The van der Waals surface area contributed by atoms with E-state index in [9.17, 15) is 4.79 Å². The van der Waals surface area contributed by atoms with Gasteiger partial charge in [-0.2, -0.15) is 0 Å². The van der Waals surface area contributed by atoms with Crippen LogP contribution < -0.4 is 15.0 Å². The Hall–Kier alpha value is -3.86. The highest BCUT2D eigenvalue weighted by Crippen LogP contribution is 2.33. The molecule has 2 aromatic carbocycles. The molecule has 30 heavy (non-hydrogen) atoms. The van der Waals surface area contributed by atoms with E-state index in [-0.39, 0.29) is 5.56 Å². The fourth-order valence-electron chi connectivity index (χ4n) is 3.40. The Kier molecular flexibility index (Phi) is 5.61. The van der Waals surface area contributed by atoms with E-state index >= 15 is 0 Å². The van der Waals surface area contributed by atoms with Gasteiger partial charge in [-0.25, -0.2) is 0 Å². The molecule has 0 saturated heterocycles. The normalized spacial score (nSPS) is 10.6. The molecule has 0 bridgehead atoms. The number of methoxy groups -OCH3 is 1. The summed E-state index contributed by atoms with van der Waals surface area (Å²) in [5.74, 6) is 1.08. The summed E-state index contributed by atoms with van der Waals surface area (Å²) in [4.78, 5) is 17.2. The maximum absolute atomic E-state index is 13.1. The van der Waals surface area contributed by atoms with Crippen molar-refractivity contribution in [2.24, 2.45) is 7.05 Å². The fourth-order valence-corrected chi connectivity index (χ4v) is 3.40. The molecule has 0 spiro atoms. The molecule has 4 aromatic rings. The zero-order valence-corrected chi connectivity index (χ0v) is 16.9. The van der Waals surface area contributed by atoms with Crippen LogP contribution in [0.1, 0.15) is 5.56 Å². The molecule has 5 nitrogen and oxygen atoms in total. The molecular formula is C25H22N2O3. The van der Waals surface area contributed by atoms with Gasteiger partial charge in [0, 0.05) is 30.6 Å². The van der Waals surface area contributed by atoms with E-state index in [1.807, 2.05) is 72.8 Å². The van der Waals surface area contributed by atoms with Crippen molar-refractivity contribution in [3.8, 4) is 33.9 Å². The highest BCUT2D eigenvalue weighted by molar-refractivity contribution is 5.82. The average Bonchev–Trinajstić information content (AvgIpc) is 2.81. The average molecular weight is 398 g/mol.